The molecule has 1 unspecified atom stereocenters. The van der Waals surface area contributed by atoms with Crippen LogP contribution in [0.5, 0.6) is 0 Å². The molecule has 1 aliphatic heterocycles. The van der Waals surface area contributed by atoms with Crippen LogP contribution in [-0.2, 0) is 11.3 Å². The standard InChI is InChI=1S/C22H27FN2O3/c23-17-8-6-16(7-9-17)21-19-5-1-2-10-22(19,27)11-12-25(21)15-20(26)24-14-18-4-3-13-28-18/h3-4,6-9,13,19,21,27H,1-2,5,10-12,14-15H2,(H,24,26)/p+1/t19-,21-,22-/m0/s1. The van der Waals surface area contributed by atoms with Gasteiger partial charge in [0.05, 0.1) is 25.0 Å². The number of nitrogens with one attached hydrogen (secondary N) is 2. The van der Waals surface area contributed by atoms with E-state index in [4.69, 9.17) is 4.42 Å². The van der Waals surface area contributed by atoms with Gasteiger partial charge in [0.2, 0.25) is 0 Å². The van der Waals surface area contributed by atoms with Gasteiger partial charge in [0.1, 0.15) is 17.6 Å². The number of hydrogen-bond donors (Lipinski definition) is 3. The average molecular weight is 387 g/mol. The Bertz CT molecular complexity index is 793. The number of halogens is 1. The molecule has 1 aromatic heterocycles. The number of likely N-dealkylation sites (tertiary alicyclic amines) is 1. The van der Waals surface area contributed by atoms with Gasteiger partial charge in [-0.05, 0) is 37.1 Å². The number of rotatable bonds is 5. The summed E-state index contributed by atoms with van der Waals surface area (Å²) in [5, 5.41) is 14.2. The van der Waals surface area contributed by atoms with Gasteiger partial charge >= 0.3 is 0 Å². The smallest absolute Gasteiger partial charge is 0.275 e. The van der Waals surface area contributed by atoms with E-state index in [9.17, 15) is 14.3 Å². The van der Waals surface area contributed by atoms with Gasteiger partial charge in [-0.15, -0.1) is 0 Å². The summed E-state index contributed by atoms with van der Waals surface area (Å²) in [4.78, 5) is 13.7. The largest absolute Gasteiger partial charge is 0.467 e. The minimum atomic E-state index is -0.675. The topological polar surface area (TPSA) is 66.9 Å². The van der Waals surface area contributed by atoms with E-state index in [1.807, 2.05) is 6.07 Å². The molecular weight excluding hydrogens is 359 g/mol. The fraction of sp³-hybridized carbons (Fsp3) is 0.500. The number of carbonyl (C=O) groups excluding carboxylic acids is 1. The molecule has 1 aromatic carbocycles. The number of benzene rings is 1. The fourth-order valence-electron chi connectivity index (χ4n) is 5.06. The van der Waals surface area contributed by atoms with Crippen LogP contribution in [-0.4, -0.2) is 29.7 Å². The molecule has 1 aliphatic carbocycles. The van der Waals surface area contributed by atoms with Gasteiger partial charge in [-0.2, -0.15) is 0 Å². The third-order valence-corrected chi connectivity index (χ3v) is 6.44. The highest BCUT2D eigenvalue weighted by Gasteiger charge is 2.51. The summed E-state index contributed by atoms with van der Waals surface area (Å²) in [5.74, 6) is 0.503. The van der Waals surface area contributed by atoms with Crippen molar-refractivity contribution >= 4 is 5.91 Å². The molecular formula is C22H28FN2O3+. The zero-order valence-corrected chi connectivity index (χ0v) is 16.0. The van der Waals surface area contributed by atoms with E-state index in [0.29, 0.717) is 19.5 Å². The number of hydrogen-bond acceptors (Lipinski definition) is 3. The Balaban J connectivity index is 1.52. The van der Waals surface area contributed by atoms with Crippen LogP contribution in [0.4, 0.5) is 4.39 Å². The highest BCUT2D eigenvalue weighted by atomic mass is 19.1. The summed E-state index contributed by atoms with van der Waals surface area (Å²) in [6.45, 7) is 1.42. The molecule has 4 rings (SSSR count). The van der Waals surface area contributed by atoms with Gasteiger partial charge in [0, 0.05) is 17.9 Å². The number of carbonyl (C=O) groups is 1. The third kappa shape index (κ3) is 3.98. The van der Waals surface area contributed by atoms with Crippen molar-refractivity contribution in [2.45, 2.75) is 50.3 Å². The van der Waals surface area contributed by atoms with E-state index in [2.05, 4.69) is 5.32 Å². The first kappa shape index (κ1) is 19.2. The van der Waals surface area contributed by atoms with Crippen molar-refractivity contribution in [3.8, 4) is 0 Å². The first-order valence-corrected chi connectivity index (χ1v) is 10.2. The lowest BCUT2D eigenvalue weighted by molar-refractivity contribution is -0.937. The van der Waals surface area contributed by atoms with E-state index in [1.54, 1.807) is 24.5 Å². The number of furan rings is 1. The van der Waals surface area contributed by atoms with Crippen LogP contribution < -0.4 is 10.2 Å². The predicted molar refractivity (Wildman–Crippen MR) is 102 cm³/mol. The molecule has 0 bridgehead atoms. The minimum Gasteiger partial charge on any atom is -0.467 e. The summed E-state index contributed by atoms with van der Waals surface area (Å²) in [7, 11) is 0. The zero-order valence-electron chi connectivity index (χ0n) is 16.0. The van der Waals surface area contributed by atoms with E-state index < -0.39 is 5.60 Å². The Hall–Kier alpha value is -2.18. The molecule has 150 valence electrons. The molecule has 5 nitrogen and oxygen atoms in total. The monoisotopic (exact) mass is 387 g/mol. The Morgan fingerprint density at radius 2 is 2.07 bits per heavy atom. The minimum absolute atomic E-state index is 0.00554. The number of fused-ring (bicyclic) bond motifs is 1. The number of amides is 1. The van der Waals surface area contributed by atoms with Crippen LogP contribution in [0.25, 0.3) is 0 Å². The second-order valence-corrected chi connectivity index (χ2v) is 8.18. The molecule has 28 heavy (non-hydrogen) atoms. The highest BCUT2D eigenvalue weighted by Crippen LogP contribution is 2.43. The van der Waals surface area contributed by atoms with Crippen molar-refractivity contribution in [3.63, 3.8) is 0 Å². The second kappa shape index (κ2) is 8.05. The Labute approximate surface area is 164 Å². The van der Waals surface area contributed by atoms with Gasteiger partial charge in [-0.3, -0.25) is 4.79 Å². The summed E-state index contributed by atoms with van der Waals surface area (Å²) >= 11 is 0. The normalized spacial score (nSPS) is 29.9. The van der Waals surface area contributed by atoms with Gasteiger partial charge < -0.3 is 19.7 Å². The zero-order chi connectivity index (χ0) is 19.6. The first-order valence-electron chi connectivity index (χ1n) is 10.2. The van der Waals surface area contributed by atoms with Crippen LogP contribution in [0.1, 0.15) is 49.5 Å². The van der Waals surface area contributed by atoms with Crippen molar-refractivity contribution in [2.75, 3.05) is 13.1 Å². The predicted octanol–water partition coefficient (Wildman–Crippen LogP) is 1.99. The van der Waals surface area contributed by atoms with Crippen molar-refractivity contribution < 1.29 is 23.6 Å². The Morgan fingerprint density at radius 3 is 2.82 bits per heavy atom. The van der Waals surface area contributed by atoms with Gasteiger partial charge in [-0.25, -0.2) is 4.39 Å². The van der Waals surface area contributed by atoms with Crippen molar-refractivity contribution in [1.82, 2.24) is 5.32 Å². The summed E-state index contributed by atoms with van der Waals surface area (Å²) < 4.78 is 18.7. The van der Waals surface area contributed by atoms with Crippen LogP contribution >= 0.6 is 0 Å². The highest BCUT2D eigenvalue weighted by molar-refractivity contribution is 5.76. The molecule has 1 saturated heterocycles. The fourth-order valence-corrected chi connectivity index (χ4v) is 5.06. The molecule has 2 heterocycles. The summed E-state index contributed by atoms with van der Waals surface area (Å²) in [5.41, 5.74) is 0.325. The molecule has 3 N–H and O–H groups in total. The van der Waals surface area contributed by atoms with Crippen LogP contribution in [0, 0.1) is 11.7 Å². The molecule has 1 saturated carbocycles. The summed E-state index contributed by atoms with van der Waals surface area (Å²) in [6.07, 6.45) is 6.18. The maximum atomic E-state index is 13.5. The number of quaternary nitrogens is 1. The lowest BCUT2D eigenvalue weighted by atomic mass is 9.66. The molecule has 0 radical (unpaired) electrons. The van der Waals surface area contributed by atoms with Gasteiger partial charge in [0.25, 0.3) is 5.91 Å². The second-order valence-electron chi connectivity index (χ2n) is 8.18. The molecule has 6 heteroatoms. The average Bonchev–Trinajstić information content (AvgIpc) is 3.21. The first-order chi connectivity index (χ1) is 13.5. The van der Waals surface area contributed by atoms with Crippen molar-refractivity contribution in [2.24, 2.45) is 5.92 Å². The number of piperidine rings is 1. The van der Waals surface area contributed by atoms with E-state index in [1.165, 1.54) is 12.1 Å². The van der Waals surface area contributed by atoms with Gasteiger partial charge in [0.15, 0.2) is 6.54 Å². The van der Waals surface area contributed by atoms with Gasteiger partial charge in [-0.1, -0.05) is 25.0 Å². The molecule has 2 fully saturated rings. The Morgan fingerprint density at radius 1 is 1.25 bits per heavy atom. The number of aliphatic hydroxyl groups is 1. The van der Waals surface area contributed by atoms with E-state index in [0.717, 1.165) is 48.5 Å². The quantitative estimate of drug-likeness (QED) is 0.735. The third-order valence-electron chi connectivity index (χ3n) is 6.44. The SMILES string of the molecule is O=C(C[NH+]1CC[C@@]2(O)CCCC[C@H]2[C@@H]1c1ccc(F)cc1)NCc1ccco1. The molecule has 2 aliphatic rings. The van der Waals surface area contributed by atoms with Crippen LogP contribution in [0.15, 0.2) is 47.1 Å². The molecule has 0 spiro atoms. The van der Waals surface area contributed by atoms with Crippen molar-refractivity contribution in [3.05, 3.63) is 59.8 Å². The molecule has 4 atom stereocenters. The summed E-state index contributed by atoms with van der Waals surface area (Å²) in [6, 6.07) is 10.2. The Kier molecular flexibility index (Phi) is 5.51. The maximum Gasteiger partial charge on any atom is 0.275 e. The lowest BCUT2D eigenvalue weighted by Gasteiger charge is -2.50. The molecule has 1 amide bonds. The lowest BCUT2D eigenvalue weighted by Crippen LogP contribution is -3.16. The van der Waals surface area contributed by atoms with E-state index >= 15 is 0 Å². The van der Waals surface area contributed by atoms with Crippen LogP contribution in [0.3, 0.4) is 0 Å². The van der Waals surface area contributed by atoms with Crippen molar-refractivity contribution in [1.29, 1.82) is 0 Å². The van der Waals surface area contributed by atoms with E-state index in [-0.39, 0.29) is 23.7 Å². The maximum absolute atomic E-state index is 13.5. The molecule has 2 aromatic rings. The van der Waals surface area contributed by atoms with Crippen LogP contribution in [0.2, 0.25) is 0 Å².